The van der Waals surface area contributed by atoms with Gasteiger partial charge < -0.3 is 4.90 Å². The summed E-state index contributed by atoms with van der Waals surface area (Å²) >= 11 is 5.42. The van der Waals surface area contributed by atoms with Crippen LogP contribution < -0.4 is 4.90 Å². The summed E-state index contributed by atoms with van der Waals surface area (Å²) in [6.45, 7) is 4.27. The van der Waals surface area contributed by atoms with Crippen molar-refractivity contribution in [1.82, 2.24) is 0 Å². The molecule has 1 fully saturated rings. The first-order chi connectivity index (χ1) is 8.26. The van der Waals surface area contributed by atoms with Crippen LogP contribution in [-0.2, 0) is 5.33 Å². The molecule has 0 spiro atoms. The lowest BCUT2D eigenvalue weighted by molar-refractivity contribution is 0.615. The molecule has 0 bridgehead atoms. The molecule has 1 aromatic carbocycles. The van der Waals surface area contributed by atoms with Crippen LogP contribution in [0.25, 0.3) is 0 Å². The SMILES string of the molecule is CCC1CN(c2cccc(F)c2CBr)CCS1. The van der Waals surface area contributed by atoms with Gasteiger partial charge in [0.25, 0.3) is 0 Å². The minimum absolute atomic E-state index is 0.106. The number of anilines is 1. The van der Waals surface area contributed by atoms with E-state index in [1.807, 2.05) is 17.8 Å². The van der Waals surface area contributed by atoms with Crippen molar-refractivity contribution in [2.45, 2.75) is 23.9 Å². The first-order valence-corrected chi connectivity index (χ1v) is 8.13. The van der Waals surface area contributed by atoms with Gasteiger partial charge in [-0.2, -0.15) is 11.8 Å². The Balaban J connectivity index is 2.24. The lowest BCUT2D eigenvalue weighted by Crippen LogP contribution is -2.38. The second kappa shape index (κ2) is 6.10. The molecule has 4 heteroatoms. The summed E-state index contributed by atoms with van der Waals surface area (Å²) in [5, 5.41) is 1.25. The molecule has 1 heterocycles. The van der Waals surface area contributed by atoms with Gasteiger partial charge in [0.1, 0.15) is 5.82 Å². The molecule has 0 saturated carbocycles. The van der Waals surface area contributed by atoms with E-state index in [1.54, 1.807) is 6.07 Å². The van der Waals surface area contributed by atoms with Crippen LogP contribution in [0.1, 0.15) is 18.9 Å². The van der Waals surface area contributed by atoms with Gasteiger partial charge >= 0.3 is 0 Å². The molecular weight excluding hydrogens is 301 g/mol. The maximum atomic E-state index is 13.7. The molecule has 1 atom stereocenters. The summed E-state index contributed by atoms with van der Waals surface area (Å²) in [5.74, 6) is 1.03. The van der Waals surface area contributed by atoms with E-state index >= 15 is 0 Å². The van der Waals surface area contributed by atoms with Crippen molar-refractivity contribution < 1.29 is 4.39 Å². The number of alkyl halides is 1. The minimum Gasteiger partial charge on any atom is -0.369 e. The van der Waals surface area contributed by atoms with Gasteiger partial charge in [-0.05, 0) is 18.6 Å². The van der Waals surface area contributed by atoms with Gasteiger partial charge in [0.05, 0.1) is 0 Å². The predicted molar refractivity (Wildman–Crippen MR) is 77.8 cm³/mol. The van der Waals surface area contributed by atoms with Gasteiger partial charge in [-0.1, -0.05) is 28.9 Å². The van der Waals surface area contributed by atoms with Gasteiger partial charge in [-0.3, -0.25) is 0 Å². The Morgan fingerprint density at radius 1 is 1.53 bits per heavy atom. The highest BCUT2D eigenvalue weighted by atomic mass is 79.9. The standard InChI is InChI=1S/C13H17BrFNS/c1-2-10-9-16(6-7-17-10)13-5-3-4-12(15)11(13)8-14/h3-5,10H,2,6-9H2,1H3. The zero-order valence-corrected chi connectivity index (χ0v) is 12.4. The molecule has 1 aliphatic heterocycles. The van der Waals surface area contributed by atoms with E-state index in [0.717, 1.165) is 30.1 Å². The molecule has 0 radical (unpaired) electrons. The van der Waals surface area contributed by atoms with Crippen molar-refractivity contribution in [3.05, 3.63) is 29.6 Å². The van der Waals surface area contributed by atoms with Crippen molar-refractivity contribution in [2.24, 2.45) is 0 Å². The normalized spacial score (nSPS) is 20.6. The summed E-state index contributed by atoms with van der Waals surface area (Å²) in [5.41, 5.74) is 1.84. The van der Waals surface area contributed by atoms with E-state index < -0.39 is 0 Å². The van der Waals surface area contributed by atoms with Gasteiger partial charge in [-0.25, -0.2) is 4.39 Å². The smallest absolute Gasteiger partial charge is 0.129 e. The van der Waals surface area contributed by atoms with E-state index in [9.17, 15) is 4.39 Å². The van der Waals surface area contributed by atoms with Crippen LogP contribution in [0.2, 0.25) is 0 Å². The molecular formula is C13H17BrFNS. The second-order valence-corrected chi connectivity index (χ2v) is 6.19. The zero-order chi connectivity index (χ0) is 12.3. The summed E-state index contributed by atoms with van der Waals surface area (Å²) in [6.07, 6.45) is 1.18. The van der Waals surface area contributed by atoms with Crippen molar-refractivity contribution in [3.8, 4) is 0 Å². The van der Waals surface area contributed by atoms with Gasteiger partial charge in [-0.15, -0.1) is 0 Å². The Morgan fingerprint density at radius 2 is 2.35 bits per heavy atom. The molecule has 1 aliphatic rings. The molecule has 1 unspecified atom stereocenters. The molecule has 1 nitrogen and oxygen atoms in total. The molecule has 1 aromatic rings. The monoisotopic (exact) mass is 317 g/mol. The Hall–Kier alpha value is -0.220. The highest BCUT2D eigenvalue weighted by molar-refractivity contribution is 9.08. The van der Waals surface area contributed by atoms with Crippen LogP contribution in [0.3, 0.4) is 0 Å². The summed E-state index contributed by atoms with van der Waals surface area (Å²) in [6, 6.07) is 5.37. The first-order valence-electron chi connectivity index (χ1n) is 5.96. The maximum absolute atomic E-state index is 13.7. The van der Waals surface area contributed by atoms with E-state index in [-0.39, 0.29) is 5.82 Å². The Bertz CT molecular complexity index is 386. The first kappa shape index (κ1) is 13.2. The van der Waals surface area contributed by atoms with Crippen LogP contribution in [0.15, 0.2) is 18.2 Å². The number of rotatable bonds is 3. The third kappa shape index (κ3) is 2.97. The number of hydrogen-bond acceptors (Lipinski definition) is 2. The number of hydrogen-bond donors (Lipinski definition) is 0. The fourth-order valence-corrected chi connectivity index (χ4v) is 3.90. The number of benzene rings is 1. The van der Waals surface area contributed by atoms with Crippen LogP contribution in [0.5, 0.6) is 0 Å². The largest absolute Gasteiger partial charge is 0.369 e. The molecule has 0 amide bonds. The summed E-state index contributed by atoms with van der Waals surface area (Å²) < 4.78 is 13.7. The Kier molecular flexibility index (Phi) is 4.74. The highest BCUT2D eigenvalue weighted by Gasteiger charge is 2.21. The number of nitrogens with zero attached hydrogens (tertiary/aromatic N) is 1. The van der Waals surface area contributed by atoms with Crippen LogP contribution >= 0.6 is 27.7 Å². The lowest BCUT2D eigenvalue weighted by Gasteiger charge is -2.34. The molecule has 94 valence electrons. The van der Waals surface area contributed by atoms with Crippen LogP contribution in [0, 0.1) is 5.82 Å². The molecule has 0 aromatic heterocycles. The van der Waals surface area contributed by atoms with Crippen molar-refractivity contribution in [3.63, 3.8) is 0 Å². The Morgan fingerprint density at radius 3 is 3.06 bits per heavy atom. The van der Waals surface area contributed by atoms with E-state index in [2.05, 4.69) is 27.8 Å². The quantitative estimate of drug-likeness (QED) is 0.774. The Labute approximate surface area is 115 Å². The average Bonchev–Trinajstić information content (AvgIpc) is 2.38. The molecule has 17 heavy (non-hydrogen) atoms. The minimum atomic E-state index is -0.106. The number of thioether (sulfide) groups is 1. The van der Waals surface area contributed by atoms with Crippen molar-refractivity contribution >= 4 is 33.4 Å². The molecule has 0 N–H and O–H groups in total. The van der Waals surface area contributed by atoms with Gasteiger partial charge in [0.2, 0.25) is 0 Å². The highest BCUT2D eigenvalue weighted by Crippen LogP contribution is 2.30. The van der Waals surface area contributed by atoms with Crippen molar-refractivity contribution in [1.29, 1.82) is 0 Å². The van der Waals surface area contributed by atoms with Gasteiger partial charge in [0.15, 0.2) is 0 Å². The van der Waals surface area contributed by atoms with E-state index in [0.29, 0.717) is 10.6 Å². The molecule has 1 saturated heterocycles. The van der Waals surface area contributed by atoms with E-state index in [1.165, 1.54) is 12.5 Å². The van der Waals surface area contributed by atoms with Crippen LogP contribution in [-0.4, -0.2) is 24.1 Å². The summed E-state index contributed by atoms with van der Waals surface area (Å²) in [7, 11) is 0. The van der Waals surface area contributed by atoms with Crippen LogP contribution in [0.4, 0.5) is 10.1 Å². The molecule has 0 aliphatic carbocycles. The predicted octanol–water partition coefficient (Wildman–Crippen LogP) is 4.05. The second-order valence-electron chi connectivity index (χ2n) is 4.22. The summed E-state index contributed by atoms with van der Waals surface area (Å²) in [4.78, 5) is 2.32. The number of halogens is 2. The maximum Gasteiger partial charge on any atom is 0.129 e. The van der Waals surface area contributed by atoms with Crippen molar-refractivity contribution in [2.75, 3.05) is 23.7 Å². The topological polar surface area (TPSA) is 3.24 Å². The zero-order valence-electron chi connectivity index (χ0n) is 9.96. The fourth-order valence-electron chi connectivity index (χ4n) is 2.16. The van der Waals surface area contributed by atoms with E-state index in [4.69, 9.17) is 0 Å². The molecule has 2 rings (SSSR count). The lowest BCUT2D eigenvalue weighted by atomic mass is 10.1. The average molecular weight is 318 g/mol. The van der Waals surface area contributed by atoms with Gasteiger partial charge in [0, 0.05) is 40.7 Å². The third-order valence-electron chi connectivity index (χ3n) is 3.16. The third-order valence-corrected chi connectivity index (χ3v) is 5.10. The fraction of sp³-hybridized carbons (Fsp3) is 0.538.